The number of carboxylic acid groups (broad SMARTS) is 1. The molecule has 2 aliphatic rings. The molecule has 4 rings (SSSR count). The Bertz CT molecular complexity index is 1800. The molecule has 1 fully saturated rings. The molecule has 0 spiro atoms. The van der Waals surface area contributed by atoms with E-state index in [4.69, 9.17) is 31.9 Å². The average Bonchev–Trinajstić information content (AvgIpc) is 3.18. The van der Waals surface area contributed by atoms with Crippen molar-refractivity contribution in [2.75, 3.05) is 25.7 Å². The van der Waals surface area contributed by atoms with E-state index >= 15 is 4.79 Å². The third kappa shape index (κ3) is 8.52. The Hall–Kier alpha value is -3.83. The van der Waals surface area contributed by atoms with Crippen LogP contribution in [-0.2, 0) is 34.3 Å². The number of aryl methyl sites for hydroxylation is 1. The first-order valence-electron chi connectivity index (χ1n) is 19.5. The summed E-state index contributed by atoms with van der Waals surface area (Å²) in [5.74, 6) is -1.93. The van der Waals surface area contributed by atoms with Gasteiger partial charge in [-0.2, -0.15) is 0 Å². The lowest BCUT2D eigenvalue weighted by Gasteiger charge is -2.40. The van der Waals surface area contributed by atoms with E-state index in [0.717, 1.165) is 0 Å². The molecule has 0 bridgehead atoms. The van der Waals surface area contributed by atoms with Gasteiger partial charge < -0.3 is 33.9 Å². The summed E-state index contributed by atoms with van der Waals surface area (Å²) in [6.45, 7) is 19.2. The monoisotopic (exact) mass is 771 g/mol. The number of piperidine rings is 1. The van der Waals surface area contributed by atoms with Crippen LogP contribution in [0.2, 0.25) is 5.02 Å². The van der Waals surface area contributed by atoms with Gasteiger partial charge in [0.05, 0.1) is 27.7 Å². The maximum Gasteiger partial charge on any atom is 0.305 e. The molecule has 0 aliphatic carbocycles. The van der Waals surface area contributed by atoms with Crippen molar-refractivity contribution in [3.05, 3.63) is 51.0 Å². The Labute approximate surface area is 327 Å². The van der Waals surface area contributed by atoms with E-state index in [2.05, 4.69) is 0 Å². The summed E-state index contributed by atoms with van der Waals surface area (Å²) in [7, 11) is 2.95. The highest BCUT2D eigenvalue weighted by molar-refractivity contribution is 6.31. The van der Waals surface area contributed by atoms with Crippen LogP contribution < -0.4 is 14.4 Å². The van der Waals surface area contributed by atoms with Gasteiger partial charge in [-0.15, -0.1) is 0 Å². The van der Waals surface area contributed by atoms with Crippen molar-refractivity contribution in [2.24, 2.45) is 17.8 Å². The highest BCUT2D eigenvalue weighted by Gasteiger charge is 2.50. The molecule has 0 aromatic heterocycles. The summed E-state index contributed by atoms with van der Waals surface area (Å²) in [5, 5.41) is 9.84. The summed E-state index contributed by atoms with van der Waals surface area (Å²) < 4.78 is 33.6. The number of esters is 1. The zero-order valence-corrected chi connectivity index (χ0v) is 34.7. The molecule has 5 unspecified atom stereocenters. The predicted octanol–water partition coefficient (Wildman–Crippen LogP) is 7.77. The van der Waals surface area contributed by atoms with E-state index < -0.39 is 35.7 Å². The van der Waals surface area contributed by atoms with Gasteiger partial charge in [0.15, 0.2) is 11.5 Å². The number of halogens is 1. The number of carbonyl (C=O) groups excluding carboxylic acids is 3. The van der Waals surface area contributed by atoms with E-state index in [1.54, 1.807) is 22.8 Å². The average molecular weight is 772 g/mol. The van der Waals surface area contributed by atoms with Crippen LogP contribution in [0.25, 0.3) is 0 Å². The highest BCUT2D eigenvalue weighted by Crippen LogP contribution is 2.52. The topological polar surface area (TPSA) is 132 Å². The third-order valence-corrected chi connectivity index (χ3v) is 11.9. The number of amides is 2. The Morgan fingerprint density at radius 2 is 1.76 bits per heavy atom. The third-order valence-electron chi connectivity index (χ3n) is 11.5. The second-order valence-electron chi connectivity index (χ2n) is 15.5. The Balaban J connectivity index is 2.00. The molecule has 0 saturated carbocycles. The number of benzene rings is 2. The molecule has 298 valence electrons. The summed E-state index contributed by atoms with van der Waals surface area (Å²) >= 11 is 6.92. The minimum atomic E-state index is -1.49. The molecule has 0 radical (unpaired) electrons. The number of hydrogen-bond donors (Lipinski definition) is 1. The molecular weight excluding hydrogens is 712 g/mol. The zero-order valence-electron chi connectivity index (χ0n) is 34.9. The Kier molecular flexibility index (Phi) is 13.3. The van der Waals surface area contributed by atoms with Crippen molar-refractivity contribution in [3.8, 4) is 11.5 Å². The number of anilines is 1. The number of ether oxygens (including phenoxy) is 4. The van der Waals surface area contributed by atoms with Gasteiger partial charge in [-0.25, -0.2) is 0 Å². The maximum atomic E-state index is 15.4. The first kappa shape index (κ1) is 41.3. The molecule has 11 nitrogen and oxygen atoms in total. The number of rotatable bonds is 13. The van der Waals surface area contributed by atoms with Crippen molar-refractivity contribution in [1.29, 1.82) is 0 Å². The molecule has 2 aromatic rings. The number of carbonyl (C=O) groups is 4. The Morgan fingerprint density at radius 3 is 2.31 bits per heavy atom. The van der Waals surface area contributed by atoms with Gasteiger partial charge in [-0.05, 0) is 108 Å². The van der Waals surface area contributed by atoms with Crippen LogP contribution in [0.4, 0.5) is 5.69 Å². The van der Waals surface area contributed by atoms with Gasteiger partial charge in [-0.1, -0.05) is 32.4 Å². The van der Waals surface area contributed by atoms with Crippen LogP contribution in [0.15, 0.2) is 18.2 Å². The summed E-state index contributed by atoms with van der Waals surface area (Å²) in [5.41, 5.74) is 2.11. The van der Waals surface area contributed by atoms with Crippen molar-refractivity contribution in [3.63, 3.8) is 0 Å². The summed E-state index contributed by atoms with van der Waals surface area (Å²) in [6.07, 6.45) is -0.876. The number of carboxylic acids is 1. The van der Waals surface area contributed by atoms with Crippen LogP contribution in [0.5, 0.6) is 11.5 Å². The van der Waals surface area contributed by atoms with Crippen molar-refractivity contribution < 1.29 is 44.6 Å². The van der Waals surface area contributed by atoms with Crippen molar-refractivity contribution in [1.82, 2.24) is 4.90 Å². The molecular formula is C42H59ClN2O9. The molecule has 1 saturated heterocycles. The van der Waals surface area contributed by atoms with Crippen molar-refractivity contribution >= 4 is 41.0 Å². The number of methoxy groups -OCH3 is 2. The van der Waals surface area contributed by atoms with Gasteiger partial charge in [0.1, 0.15) is 17.8 Å². The zero-order chi connectivity index (χ0) is 41.3. The fraction of sp³-hybridized carbons (Fsp3) is 0.619. The van der Waals surface area contributed by atoms with Crippen LogP contribution in [-0.4, -0.2) is 78.8 Å². The quantitative estimate of drug-likeness (QED) is 0.203. The van der Waals surface area contributed by atoms with Crippen molar-refractivity contribution in [2.45, 2.75) is 131 Å². The minimum absolute atomic E-state index is 0.0339. The van der Waals surface area contributed by atoms with Gasteiger partial charge in [0.2, 0.25) is 5.91 Å². The van der Waals surface area contributed by atoms with Gasteiger partial charge >= 0.3 is 11.9 Å². The first-order chi connectivity index (χ1) is 25.7. The first-order valence-corrected chi connectivity index (χ1v) is 19.4. The molecule has 2 aliphatic heterocycles. The lowest BCUT2D eigenvalue weighted by Crippen LogP contribution is -2.53. The number of likely N-dealkylation sites (tertiary alicyclic amines) is 1. The van der Waals surface area contributed by atoms with E-state index in [9.17, 15) is 19.5 Å². The van der Waals surface area contributed by atoms with E-state index in [0.29, 0.717) is 57.9 Å². The molecule has 12 heteroatoms. The molecule has 2 amide bonds. The summed E-state index contributed by atoms with van der Waals surface area (Å²) in [4.78, 5) is 57.2. The predicted molar refractivity (Wildman–Crippen MR) is 208 cm³/mol. The number of hydrogen-bond acceptors (Lipinski definition) is 8. The van der Waals surface area contributed by atoms with Crippen LogP contribution in [0.3, 0.4) is 0 Å². The number of fused-ring (bicyclic) bond motifs is 1. The molecule has 1 N–H and O–H groups in total. The molecule has 54 heavy (non-hydrogen) atoms. The molecule has 2 aromatic carbocycles. The maximum absolute atomic E-state index is 15.4. The minimum Gasteiger partial charge on any atom is -0.493 e. The molecule has 7 atom stereocenters. The fourth-order valence-corrected chi connectivity index (χ4v) is 8.91. The van der Waals surface area contributed by atoms with Gasteiger partial charge in [-0.3, -0.25) is 19.2 Å². The normalized spacial score (nSPS) is 23.6. The van der Waals surface area contributed by atoms with Gasteiger partial charge in [0.25, 0.3) is 5.91 Å². The van der Waals surface area contributed by atoms with Crippen LogP contribution in [0.1, 0.15) is 110 Å². The Morgan fingerprint density at radius 1 is 1.09 bits per heavy atom. The van der Waals surface area contributed by atoms with Crippen LogP contribution in [0, 0.1) is 38.5 Å². The number of nitrogens with zero attached hydrogens (tertiary/aromatic N) is 2. The second-order valence-corrected chi connectivity index (χ2v) is 15.9. The SMILES string of the molecule is [2H]c1c(C)c(C)c([C@@]2(C)O[C@H](CC(=O)N3CCC(CC(=O)O)CC3C)C(=O)N(C(C)C(C(C)C)C(C)OC(=O)CC)c3cc(C)c(Cl)cc32)c(OC)c1OC. The lowest BCUT2D eigenvalue weighted by molar-refractivity contribution is -0.153. The van der Waals surface area contributed by atoms with Gasteiger partial charge in [0, 0.05) is 53.5 Å². The smallest absolute Gasteiger partial charge is 0.305 e. The standard InChI is InChI=1S/C42H59ClN2O9/c1-13-37(49)53-28(9)38(22(2)3)27(8)45-32-16-24(5)31(43)20-30(32)42(10,39-26(7)23(4)17-33(51-11)40(39)52-12)54-34(41(45)50)21-35(46)44-15-14-29(18-25(44)6)19-36(47)48/h16-17,20,22,25,27-29,34,38H,13-15,18-19,21H2,1-12H3,(H,47,48)/t25?,27?,28?,29?,34-,38?,42+/m1/s1/i17D. The van der Waals surface area contributed by atoms with E-state index in [1.807, 2.05) is 68.4 Å². The fourth-order valence-electron chi connectivity index (χ4n) is 8.75. The largest absolute Gasteiger partial charge is 0.493 e. The lowest BCUT2D eigenvalue weighted by atomic mass is 9.80. The second kappa shape index (κ2) is 17.3. The highest BCUT2D eigenvalue weighted by atomic mass is 35.5. The van der Waals surface area contributed by atoms with Crippen LogP contribution >= 0.6 is 11.6 Å². The van der Waals surface area contributed by atoms with E-state index in [-0.39, 0.29) is 72.5 Å². The summed E-state index contributed by atoms with van der Waals surface area (Å²) in [6, 6.07) is 2.99. The molecule has 2 heterocycles. The number of aliphatic carboxylic acids is 1. The van der Waals surface area contributed by atoms with E-state index in [1.165, 1.54) is 14.2 Å².